The predicted octanol–water partition coefficient (Wildman–Crippen LogP) is 2.78. The molecule has 1 atom stereocenters. The monoisotopic (exact) mass is 391 g/mol. The molecule has 1 unspecified atom stereocenters. The summed E-state index contributed by atoms with van der Waals surface area (Å²) in [4.78, 5) is 50.5. The van der Waals surface area contributed by atoms with E-state index in [1.807, 2.05) is 24.3 Å². The molecule has 7 heteroatoms. The second-order valence-corrected chi connectivity index (χ2v) is 7.25. The number of nitrogens with one attached hydrogen (secondary N) is 2. The summed E-state index contributed by atoms with van der Waals surface area (Å²) in [5.41, 5.74) is 3.05. The Morgan fingerprint density at radius 3 is 2.48 bits per heavy atom. The van der Waals surface area contributed by atoms with E-state index in [0.717, 1.165) is 23.4 Å². The molecule has 2 aliphatic heterocycles. The molecule has 7 nitrogen and oxygen atoms in total. The minimum atomic E-state index is -0.971. The number of aryl methyl sites for hydroxylation is 1. The van der Waals surface area contributed by atoms with E-state index in [9.17, 15) is 19.2 Å². The van der Waals surface area contributed by atoms with Crippen molar-refractivity contribution in [2.24, 2.45) is 0 Å². The van der Waals surface area contributed by atoms with Crippen molar-refractivity contribution in [3.05, 3.63) is 59.2 Å². The van der Waals surface area contributed by atoms with Crippen LogP contribution in [0.3, 0.4) is 0 Å². The summed E-state index contributed by atoms with van der Waals surface area (Å²) in [5.74, 6) is -2.04. The van der Waals surface area contributed by atoms with Gasteiger partial charge >= 0.3 is 0 Å². The maximum Gasteiger partial charge on any atom is 0.264 e. The normalized spacial score (nSPS) is 18.7. The molecule has 1 saturated heterocycles. The molecular weight excluding hydrogens is 370 g/mol. The molecule has 0 bridgehead atoms. The molecule has 4 rings (SSSR count). The van der Waals surface area contributed by atoms with Gasteiger partial charge in [-0.3, -0.25) is 29.4 Å². The number of rotatable bonds is 5. The van der Waals surface area contributed by atoms with Crippen molar-refractivity contribution in [1.29, 1.82) is 0 Å². The summed E-state index contributed by atoms with van der Waals surface area (Å²) in [5, 5.41) is 5.42. The van der Waals surface area contributed by atoms with Crippen molar-refractivity contribution in [1.82, 2.24) is 10.2 Å². The van der Waals surface area contributed by atoms with Crippen LogP contribution >= 0.6 is 0 Å². The molecule has 1 fully saturated rings. The van der Waals surface area contributed by atoms with Crippen LogP contribution in [0.2, 0.25) is 0 Å². The van der Waals surface area contributed by atoms with Crippen LogP contribution in [0.15, 0.2) is 42.5 Å². The molecule has 2 aromatic rings. The van der Waals surface area contributed by atoms with Gasteiger partial charge in [-0.1, -0.05) is 31.5 Å². The fourth-order valence-electron chi connectivity index (χ4n) is 3.82. The van der Waals surface area contributed by atoms with Crippen LogP contribution in [0.25, 0.3) is 0 Å². The number of imide groups is 2. The van der Waals surface area contributed by atoms with Gasteiger partial charge in [-0.25, -0.2) is 0 Å². The minimum Gasteiger partial charge on any atom is -0.355 e. The number of carbonyl (C=O) groups is 4. The van der Waals surface area contributed by atoms with Crippen LogP contribution in [0.1, 0.15) is 52.5 Å². The molecule has 2 heterocycles. The fraction of sp³-hybridized carbons (Fsp3) is 0.273. The second-order valence-electron chi connectivity index (χ2n) is 7.25. The topological polar surface area (TPSA) is 95.6 Å². The predicted molar refractivity (Wildman–Crippen MR) is 107 cm³/mol. The molecule has 148 valence electrons. The second kappa shape index (κ2) is 7.50. The fourth-order valence-corrected chi connectivity index (χ4v) is 3.82. The molecule has 2 aromatic carbocycles. The van der Waals surface area contributed by atoms with Gasteiger partial charge in [-0.05, 0) is 42.7 Å². The van der Waals surface area contributed by atoms with E-state index < -0.39 is 29.7 Å². The van der Waals surface area contributed by atoms with E-state index in [1.165, 1.54) is 5.56 Å². The number of benzene rings is 2. The number of carbonyl (C=O) groups excluding carboxylic acids is 4. The zero-order valence-electron chi connectivity index (χ0n) is 16.0. The Morgan fingerprint density at radius 2 is 1.79 bits per heavy atom. The molecule has 0 spiro atoms. The molecule has 0 aromatic heterocycles. The zero-order chi connectivity index (χ0) is 20.5. The van der Waals surface area contributed by atoms with Crippen LogP contribution in [-0.2, 0) is 16.0 Å². The van der Waals surface area contributed by atoms with Crippen LogP contribution < -0.4 is 10.6 Å². The van der Waals surface area contributed by atoms with E-state index in [0.29, 0.717) is 5.69 Å². The SMILES string of the molecule is CCCc1ccc(Nc2cccc3c2C(=O)N(C2CCC(=O)NC2=O)C3=O)cc1. The van der Waals surface area contributed by atoms with E-state index in [4.69, 9.17) is 0 Å². The summed E-state index contributed by atoms with van der Waals surface area (Å²) in [7, 11) is 0. The van der Waals surface area contributed by atoms with Crippen LogP contribution in [-0.4, -0.2) is 34.6 Å². The van der Waals surface area contributed by atoms with Crippen molar-refractivity contribution in [2.75, 3.05) is 5.32 Å². The van der Waals surface area contributed by atoms with Gasteiger partial charge in [-0.15, -0.1) is 0 Å². The Bertz CT molecular complexity index is 1010. The van der Waals surface area contributed by atoms with Crippen LogP contribution in [0, 0.1) is 0 Å². The molecular formula is C22H21N3O4. The molecule has 4 amide bonds. The third-order valence-electron chi connectivity index (χ3n) is 5.24. The highest BCUT2D eigenvalue weighted by Gasteiger charge is 2.45. The maximum atomic E-state index is 13.1. The first-order chi connectivity index (χ1) is 14.0. The first-order valence-corrected chi connectivity index (χ1v) is 9.70. The van der Waals surface area contributed by atoms with E-state index >= 15 is 0 Å². The number of hydrogen-bond donors (Lipinski definition) is 2. The molecule has 0 aliphatic carbocycles. The number of hydrogen-bond acceptors (Lipinski definition) is 5. The average molecular weight is 391 g/mol. The molecule has 0 radical (unpaired) electrons. The summed E-state index contributed by atoms with van der Waals surface area (Å²) < 4.78 is 0. The largest absolute Gasteiger partial charge is 0.355 e. The third kappa shape index (κ3) is 3.40. The smallest absolute Gasteiger partial charge is 0.264 e. The van der Waals surface area contributed by atoms with E-state index in [1.54, 1.807) is 18.2 Å². The highest BCUT2D eigenvalue weighted by Crippen LogP contribution is 2.33. The first kappa shape index (κ1) is 18.9. The van der Waals surface area contributed by atoms with Crippen LogP contribution in [0.5, 0.6) is 0 Å². The third-order valence-corrected chi connectivity index (χ3v) is 5.24. The summed E-state index contributed by atoms with van der Waals surface area (Å²) in [6.07, 6.45) is 2.29. The zero-order valence-corrected chi connectivity index (χ0v) is 16.0. The minimum absolute atomic E-state index is 0.0963. The van der Waals surface area contributed by atoms with Gasteiger partial charge < -0.3 is 5.32 Å². The van der Waals surface area contributed by atoms with Crippen molar-refractivity contribution in [3.63, 3.8) is 0 Å². The van der Waals surface area contributed by atoms with Gasteiger partial charge in [0.1, 0.15) is 6.04 Å². The summed E-state index contributed by atoms with van der Waals surface area (Å²) in [6.45, 7) is 2.12. The maximum absolute atomic E-state index is 13.1. The number of piperidine rings is 1. The average Bonchev–Trinajstić information content (AvgIpc) is 2.95. The molecule has 0 saturated carbocycles. The quantitative estimate of drug-likeness (QED) is 0.764. The lowest BCUT2D eigenvalue weighted by Gasteiger charge is -2.27. The Hall–Kier alpha value is -3.48. The Labute approximate surface area is 168 Å². The summed E-state index contributed by atoms with van der Waals surface area (Å²) in [6, 6.07) is 12.0. The number of anilines is 2. The number of nitrogens with zero attached hydrogens (tertiary/aromatic N) is 1. The van der Waals surface area contributed by atoms with Gasteiger partial charge in [0.2, 0.25) is 11.8 Å². The van der Waals surface area contributed by atoms with Gasteiger partial charge in [0.15, 0.2) is 0 Å². The van der Waals surface area contributed by atoms with Crippen molar-refractivity contribution < 1.29 is 19.2 Å². The molecule has 2 N–H and O–H groups in total. The Morgan fingerprint density at radius 1 is 1.03 bits per heavy atom. The Kier molecular flexibility index (Phi) is 4.88. The lowest BCUT2D eigenvalue weighted by molar-refractivity contribution is -0.136. The standard InChI is InChI=1S/C22H21N3O4/c1-2-4-13-7-9-14(10-8-13)23-16-6-3-5-15-19(16)22(29)25(21(15)28)17-11-12-18(26)24-20(17)27/h3,5-10,17,23H,2,4,11-12H2,1H3,(H,24,26,27). The van der Waals surface area contributed by atoms with Crippen molar-refractivity contribution in [2.45, 2.75) is 38.6 Å². The van der Waals surface area contributed by atoms with Crippen molar-refractivity contribution >= 4 is 35.0 Å². The number of fused-ring (bicyclic) bond motifs is 1. The Balaban J connectivity index is 1.62. The van der Waals surface area contributed by atoms with Gasteiger partial charge in [0.05, 0.1) is 16.8 Å². The summed E-state index contributed by atoms with van der Waals surface area (Å²) >= 11 is 0. The van der Waals surface area contributed by atoms with Crippen molar-refractivity contribution in [3.8, 4) is 0 Å². The molecule has 29 heavy (non-hydrogen) atoms. The van der Waals surface area contributed by atoms with Crippen LogP contribution in [0.4, 0.5) is 11.4 Å². The van der Waals surface area contributed by atoms with Gasteiger partial charge in [0.25, 0.3) is 11.8 Å². The lowest BCUT2D eigenvalue weighted by atomic mass is 10.0. The van der Waals surface area contributed by atoms with E-state index in [2.05, 4.69) is 17.6 Å². The molecule has 2 aliphatic rings. The first-order valence-electron chi connectivity index (χ1n) is 9.70. The highest BCUT2D eigenvalue weighted by molar-refractivity contribution is 6.25. The van der Waals surface area contributed by atoms with E-state index in [-0.39, 0.29) is 24.0 Å². The van der Waals surface area contributed by atoms with Gasteiger partial charge in [0, 0.05) is 12.1 Å². The number of amides is 4. The van der Waals surface area contributed by atoms with Gasteiger partial charge in [-0.2, -0.15) is 0 Å². The highest BCUT2D eigenvalue weighted by atomic mass is 16.2. The lowest BCUT2D eigenvalue weighted by Crippen LogP contribution is -2.54.